The third kappa shape index (κ3) is 2.42. The summed E-state index contributed by atoms with van der Waals surface area (Å²) in [5.74, 6) is -0.679. The Balaban J connectivity index is 2.33. The quantitative estimate of drug-likeness (QED) is 0.769. The van der Waals surface area contributed by atoms with Crippen molar-refractivity contribution in [2.45, 2.75) is 30.9 Å². The number of carbonyl (C=O) groups is 1. The molecule has 1 aliphatic rings. The summed E-state index contributed by atoms with van der Waals surface area (Å²) in [7, 11) is 0. The molecule has 1 saturated carbocycles. The van der Waals surface area contributed by atoms with Gasteiger partial charge >= 0.3 is 0 Å². The van der Waals surface area contributed by atoms with Gasteiger partial charge in [0, 0.05) is 11.3 Å². The summed E-state index contributed by atoms with van der Waals surface area (Å²) in [6, 6.07) is 1.94. The molecule has 0 spiro atoms. The van der Waals surface area contributed by atoms with E-state index in [9.17, 15) is 4.79 Å². The first-order valence-electron chi connectivity index (χ1n) is 4.86. The van der Waals surface area contributed by atoms with Gasteiger partial charge in [0.25, 0.3) is 0 Å². The Bertz CT molecular complexity index is 250. The lowest BCUT2D eigenvalue weighted by atomic mass is 9.84. The van der Waals surface area contributed by atoms with Crippen molar-refractivity contribution in [3.63, 3.8) is 0 Å². The lowest BCUT2D eigenvalue weighted by molar-refractivity contribution is -0.123. The molecule has 1 atom stereocenters. The number of hydrogen-bond acceptors (Lipinski definition) is 3. The highest BCUT2D eigenvalue weighted by Crippen LogP contribution is 2.42. The molecule has 1 N–H and O–H groups in total. The van der Waals surface area contributed by atoms with E-state index in [4.69, 9.17) is 5.26 Å². The van der Waals surface area contributed by atoms with Crippen LogP contribution in [0.4, 0.5) is 0 Å². The molecule has 1 amide bonds. The molecule has 1 fully saturated rings. The Hall–Kier alpha value is -0.690. The lowest BCUT2D eigenvalue weighted by Crippen LogP contribution is -2.46. The summed E-state index contributed by atoms with van der Waals surface area (Å²) in [6.07, 6.45) is 5.69. The molecule has 0 aliphatic heterocycles. The molecule has 0 saturated heterocycles. The summed E-state index contributed by atoms with van der Waals surface area (Å²) in [4.78, 5) is 11.3. The van der Waals surface area contributed by atoms with Crippen molar-refractivity contribution in [3.8, 4) is 6.07 Å². The second kappa shape index (κ2) is 4.70. The first-order valence-corrected chi connectivity index (χ1v) is 6.08. The van der Waals surface area contributed by atoms with Crippen LogP contribution in [0.2, 0.25) is 0 Å². The number of nitriles is 1. The lowest BCUT2D eigenvalue weighted by Gasteiger charge is -2.40. The molecule has 0 heterocycles. The van der Waals surface area contributed by atoms with E-state index in [1.165, 1.54) is 19.3 Å². The van der Waals surface area contributed by atoms with Gasteiger partial charge in [0.05, 0.1) is 6.07 Å². The molecule has 1 rings (SSSR count). The molecule has 14 heavy (non-hydrogen) atoms. The predicted molar refractivity (Wildman–Crippen MR) is 57.9 cm³/mol. The van der Waals surface area contributed by atoms with E-state index in [0.717, 1.165) is 0 Å². The van der Waals surface area contributed by atoms with E-state index < -0.39 is 5.92 Å². The fraction of sp³-hybridized carbons (Fsp3) is 0.800. The number of hydrogen-bond donors (Lipinski definition) is 1. The Labute approximate surface area is 89.2 Å². The van der Waals surface area contributed by atoms with E-state index >= 15 is 0 Å². The van der Waals surface area contributed by atoms with Gasteiger partial charge in [0.1, 0.15) is 5.92 Å². The van der Waals surface area contributed by atoms with Crippen LogP contribution < -0.4 is 5.32 Å². The van der Waals surface area contributed by atoms with Gasteiger partial charge in [-0.25, -0.2) is 0 Å². The normalized spacial score (nSPS) is 20.4. The average Bonchev–Trinajstić information content (AvgIpc) is 2.15. The third-order valence-electron chi connectivity index (χ3n) is 2.87. The van der Waals surface area contributed by atoms with Gasteiger partial charge < -0.3 is 5.32 Å². The van der Waals surface area contributed by atoms with Crippen molar-refractivity contribution in [2.75, 3.05) is 12.8 Å². The van der Waals surface area contributed by atoms with Crippen LogP contribution in [0.3, 0.4) is 0 Å². The minimum atomic E-state index is -0.533. The Morgan fingerprint density at radius 3 is 2.71 bits per heavy atom. The smallest absolute Gasteiger partial charge is 0.237 e. The third-order valence-corrected chi connectivity index (χ3v) is 4.29. The monoisotopic (exact) mass is 212 g/mol. The molecule has 1 unspecified atom stereocenters. The number of amides is 1. The number of carbonyl (C=O) groups excluding carboxylic acids is 1. The number of nitrogens with one attached hydrogen (secondary N) is 1. The fourth-order valence-electron chi connectivity index (χ4n) is 1.48. The van der Waals surface area contributed by atoms with Crippen LogP contribution in [0.25, 0.3) is 0 Å². The van der Waals surface area contributed by atoms with E-state index in [2.05, 4.69) is 11.6 Å². The highest BCUT2D eigenvalue weighted by molar-refractivity contribution is 8.00. The minimum absolute atomic E-state index is 0.146. The molecule has 0 bridgehead atoms. The SMILES string of the molecule is CSC1(CNC(=O)C(C)C#N)CCC1. The van der Waals surface area contributed by atoms with Crippen LogP contribution in [-0.2, 0) is 4.79 Å². The zero-order valence-corrected chi connectivity index (χ0v) is 9.49. The van der Waals surface area contributed by atoms with E-state index in [1.54, 1.807) is 6.92 Å². The second-order valence-electron chi connectivity index (χ2n) is 3.81. The molecular weight excluding hydrogens is 196 g/mol. The van der Waals surface area contributed by atoms with Gasteiger partial charge in [0.15, 0.2) is 0 Å². The van der Waals surface area contributed by atoms with Crippen LogP contribution in [0.15, 0.2) is 0 Å². The van der Waals surface area contributed by atoms with Crippen molar-refractivity contribution >= 4 is 17.7 Å². The summed E-state index contributed by atoms with van der Waals surface area (Å²) in [6.45, 7) is 2.33. The van der Waals surface area contributed by atoms with Gasteiger partial charge in [-0.3, -0.25) is 4.79 Å². The van der Waals surface area contributed by atoms with Crippen LogP contribution in [-0.4, -0.2) is 23.5 Å². The summed E-state index contributed by atoms with van der Waals surface area (Å²) in [5, 5.41) is 11.4. The number of rotatable bonds is 4. The molecule has 0 radical (unpaired) electrons. The van der Waals surface area contributed by atoms with Crippen molar-refractivity contribution < 1.29 is 4.79 Å². The van der Waals surface area contributed by atoms with Crippen molar-refractivity contribution in [1.82, 2.24) is 5.32 Å². The average molecular weight is 212 g/mol. The molecule has 0 aromatic carbocycles. The zero-order valence-electron chi connectivity index (χ0n) is 8.67. The largest absolute Gasteiger partial charge is 0.354 e. The topological polar surface area (TPSA) is 52.9 Å². The van der Waals surface area contributed by atoms with Crippen molar-refractivity contribution in [2.24, 2.45) is 5.92 Å². The van der Waals surface area contributed by atoms with Crippen LogP contribution in [0, 0.1) is 17.2 Å². The number of nitrogens with zero attached hydrogens (tertiary/aromatic N) is 1. The van der Waals surface area contributed by atoms with E-state index in [-0.39, 0.29) is 10.7 Å². The maximum Gasteiger partial charge on any atom is 0.237 e. The maximum atomic E-state index is 11.3. The Morgan fingerprint density at radius 2 is 2.36 bits per heavy atom. The van der Waals surface area contributed by atoms with Gasteiger partial charge in [0.2, 0.25) is 5.91 Å². The van der Waals surface area contributed by atoms with Gasteiger partial charge in [-0.1, -0.05) is 6.42 Å². The standard InChI is InChI=1S/C10H16N2OS/c1-8(6-11)9(13)12-7-10(14-2)4-3-5-10/h8H,3-5,7H2,1-2H3,(H,12,13). The van der Waals surface area contributed by atoms with E-state index in [1.807, 2.05) is 17.8 Å². The van der Waals surface area contributed by atoms with Crippen LogP contribution in [0.1, 0.15) is 26.2 Å². The maximum absolute atomic E-state index is 11.3. The van der Waals surface area contributed by atoms with Crippen molar-refractivity contribution in [3.05, 3.63) is 0 Å². The fourth-order valence-corrected chi connectivity index (χ4v) is 2.40. The van der Waals surface area contributed by atoms with Crippen molar-refractivity contribution in [1.29, 1.82) is 5.26 Å². The first-order chi connectivity index (χ1) is 6.63. The highest BCUT2D eigenvalue weighted by atomic mass is 32.2. The molecule has 0 aromatic rings. The Morgan fingerprint density at radius 1 is 1.71 bits per heavy atom. The molecule has 3 nitrogen and oxygen atoms in total. The van der Waals surface area contributed by atoms with E-state index in [0.29, 0.717) is 6.54 Å². The zero-order chi connectivity index (χ0) is 10.6. The minimum Gasteiger partial charge on any atom is -0.354 e. The Kier molecular flexibility index (Phi) is 3.82. The van der Waals surface area contributed by atoms with Gasteiger partial charge in [-0.2, -0.15) is 17.0 Å². The van der Waals surface area contributed by atoms with Crippen LogP contribution in [0.5, 0.6) is 0 Å². The summed E-state index contributed by atoms with van der Waals surface area (Å²) >= 11 is 1.82. The molecular formula is C10H16N2OS. The molecule has 4 heteroatoms. The highest BCUT2D eigenvalue weighted by Gasteiger charge is 2.36. The predicted octanol–water partition coefficient (Wildman–Crippen LogP) is 1.55. The summed E-state index contributed by atoms with van der Waals surface area (Å²) in [5.41, 5.74) is 0. The van der Waals surface area contributed by atoms with Crippen LogP contribution >= 0.6 is 11.8 Å². The summed E-state index contributed by atoms with van der Waals surface area (Å²) < 4.78 is 0.255. The second-order valence-corrected chi connectivity index (χ2v) is 5.08. The molecule has 0 aromatic heterocycles. The van der Waals surface area contributed by atoms with Gasteiger partial charge in [-0.05, 0) is 26.0 Å². The molecule has 78 valence electrons. The first kappa shape index (κ1) is 11.4. The van der Waals surface area contributed by atoms with Gasteiger partial charge in [-0.15, -0.1) is 0 Å². The number of thioether (sulfide) groups is 1. The molecule has 1 aliphatic carbocycles.